The lowest BCUT2D eigenvalue weighted by Gasteiger charge is -2.35. The summed E-state index contributed by atoms with van der Waals surface area (Å²) in [4.78, 5) is 24.2. The third kappa shape index (κ3) is 4.19. The molecule has 1 aliphatic carbocycles. The van der Waals surface area contributed by atoms with Crippen LogP contribution < -0.4 is 10.6 Å². The fraction of sp³-hybridized carbons (Fsp3) is 0.875. The molecule has 0 aromatic rings. The fourth-order valence-corrected chi connectivity index (χ4v) is 3.34. The van der Waals surface area contributed by atoms with Crippen LogP contribution in [0.4, 0.5) is 0 Å². The van der Waals surface area contributed by atoms with Crippen molar-refractivity contribution in [3.8, 4) is 0 Å². The zero-order valence-corrected chi connectivity index (χ0v) is 13.2. The highest BCUT2D eigenvalue weighted by Gasteiger charge is 2.36. The van der Waals surface area contributed by atoms with Gasteiger partial charge in [0.2, 0.25) is 5.91 Å². The van der Waals surface area contributed by atoms with Crippen LogP contribution in [0.25, 0.3) is 0 Å². The van der Waals surface area contributed by atoms with Crippen molar-refractivity contribution in [3.05, 3.63) is 0 Å². The van der Waals surface area contributed by atoms with E-state index in [0.717, 1.165) is 51.6 Å². The SMILES string of the molecule is CCOC(=O)C1CCC(NC(=O)C2(C)CCCNC2)CC1. The number of carbonyl (C=O) groups excluding carboxylic acids is 2. The molecule has 2 rings (SSSR count). The minimum Gasteiger partial charge on any atom is -0.466 e. The molecule has 1 aliphatic heterocycles. The van der Waals surface area contributed by atoms with Gasteiger partial charge in [-0.15, -0.1) is 0 Å². The number of rotatable bonds is 4. The second-order valence-corrected chi connectivity index (χ2v) is 6.62. The highest BCUT2D eigenvalue weighted by atomic mass is 16.5. The lowest BCUT2D eigenvalue weighted by atomic mass is 9.80. The minimum atomic E-state index is -0.282. The van der Waals surface area contributed by atoms with Gasteiger partial charge in [0.15, 0.2) is 0 Å². The van der Waals surface area contributed by atoms with Gasteiger partial charge in [-0.3, -0.25) is 9.59 Å². The van der Waals surface area contributed by atoms with Crippen LogP contribution in [0.5, 0.6) is 0 Å². The van der Waals surface area contributed by atoms with Crippen LogP contribution in [0.15, 0.2) is 0 Å². The smallest absolute Gasteiger partial charge is 0.308 e. The van der Waals surface area contributed by atoms with Gasteiger partial charge in [0, 0.05) is 12.6 Å². The van der Waals surface area contributed by atoms with E-state index in [-0.39, 0.29) is 29.3 Å². The lowest BCUT2D eigenvalue weighted by molar-refractivity contribution is -0.149. The van der Waals surface area contributed by atoms with E-state index in [0.29, 0.717) is 6.61 Å². The van der Waals surface area contributed by atoms with Crippen molar-refractivity contribution < 1.29 is 14.3 Å². The Morgan fingerprint density at radius 3 is 2.57 bits per heavy atom. The number of nitrogens with one attached hydrogen (secondary N) is 2. The molecule has 2 fully saturated rings. The Kier molecular flexibility index (Phi) is 5.62. The first-order valence-electron chi connectivity index (χ1n) is 8.23. The highest BCUT2D eigenvalue weighted by Crippen LogP contribution is 2.29. The first-order chi connectivity index (χ1) is 10.0. The molecule has 0 aromatic heterocycles. The maximum atomic E-state index is 12.5. The van der Waals surface area contributed by atoms with Crippen LogP contribution in [0, 0.1) is 11.3 Å². The Bertz CT molecular complexity index is 370. The lowest BCUT2D eigenvalue weighted by Crippen LogP contribution is -2.51. The molecule has 0 bridgehead atoms. The third-order valence-electron chi connectivity index (χ3n) is 4.83. The van der Waals surface area contributed by atoms with Crippen LogP contribution >= 0.6 is 0 Å². The summed E-state index contributed by atoms with van der Waals surface area (Å²) in [7, 11) is 0. The number of hydrogen-bond acceptors (Lipinski definition) is 4. The molecule has 1 saturated carbocycles. The standard InChI is InChI=1S/C16H28N2O3/c1-3-21-14(19)12-5-7-13(8-6-12)18-15(20)16(2)9-4-10-17-11-16/h12-13,17H,3-11H2,1-2H3,(H,18,20). The number of piperidine rings is 1. The summed E-state index contributed by atoms with van der Waals surface area (Å²) >= 11 is 0. The second-order valence-electron chi connectivity index (χ2n) is 6.62. The van der Waals surface area contributed by atoms with Crippen LogP contribution in [-0.2, 0) is 14.3 Å². The number of amides is 1. The Balaban J connectivity index is 1.78. The molecule has 1 heterocycles. The topological polar surface area (TPSA) is 67.4 Å². The number of carbonyl (C=O) groups is 2. The van der Waals surface area contributed by atoms with Gasteiger partial charge in [0.1, 0.15) is 0 Å². The molecule has 21 heavy (non-hydrogen) atoms. The van der Waals surface area contributed by atoms with Crippen LogP contribution in [0.2, 0.25) is 0 Å². The Morgan fingerprint density at radius 1 is 1.29 bits per heavy atom. The fourth-order valence-electron chi connectivity index (χ4n) is 3.34. The van der Waals surface area contributed by atoms with E-state index in [1.807, 2.05) is 13.8 Å². The molecule has 0 aromatic carbocycles. The van der Waals surface area contributed by atoms with E-state index in [1.54, 1.807) is 0 Å². The van der Waals surface area contributed by atoms with Gasteiger partial charge >= 0.3 is 5.97 Å². The van der Waals surface area contributed by atoms with E-state index in [1.165, 1.54) is 0 Å². The van der Waals surface area contributed by atoms with Gasteiger partial charge in [-0.25, -0.2) is 0 Å². The van der Waals surface area contributed by atoms with Crippen molar-refractivity contribution in [2.24, 2.45) is 11.3 Å². The first-order valence-corrected chi connectivity index (χ1v) is 8.23. The Morgan fingerprint density at radius 2 is 2.00 bits per heavy atom. The number of ether oxygens (including phenoxy) is 1. The molecule has 2 aliphatic rings. The quantitative estimate of drug-likeness (QED) is 0.774. The van der Waals surface area contributed by atoms with Gasteiger partial charge in [-0.05, 0) is 58.9 Å². The van der Waals surface area contributed by atoms with Crippen LogP contribution in [0.1, 0.15) is 52.4 Å². The summed E-state index contributed by atoms with van der Waals surface area (Å²) in [6.07, 6.45) is 5.39. The zero-order valence-electron chi connectivity index (χ0n) is 13.2. The largest absolute Gasteiger partial charge is 0.466 e. The summed E-state index contributed by atoms with van der Waals surface area (Å²) in [5, 5.41) is 6.50. The molecule has 5 heteroatoms. The van der Waals surface area contributed by atoms with Crippen molar-refractivity contribution in [1.29, 1.82) is 0 Å². The third-order valence-corrected chi connectivity index (χ3v) is 4.83. The van der Waals surface area contributed by atoms with Gasteiger partial charge < -0.3 is 15.4 Å². The van der Waals surface area contributed by atoms with Crippen molar-refractivity contribution >= 4 is 11.9 Å². The van der Waals surface area contributed by atoms with Crippen molar-refractivity contribution in [3.63, 3.8) is 0 Å². The molecule has 1 saturated heterocycles. The molecular weight excluding hydrogens is 268 g/mol. The van der Waals surface area contributed by atoms with Crippen molar-refractivity contribution in [2.75, 3.05) is 19.7 Å². The summed E-state index contributed by atoms with van der Waals surface area (Å²) < 4.78 is 5.07. The van der Waals surface area contributed by atoms with E-state index < -0.39 is 0 Å². The Hall–Kier alpha value is -1.10. The molecule has 1 amide bonds. The van der Waals surface area contributed by atoms with Crippen LogP contribution in [-0.4, -0.2) is 37.6 Å². The highest BCUT2D eigenvalue weighted by molar-refractivity contribution is 5.83. The predicted octanol–water partition coefficient (Wildman–Crippen LogP) is 1.61. The summed E-state index contributed by atoms with van der Waals surface area (Å²) in [5.74, 6) is 0.102. The van der Waals surface area contributed by atoms with Gasteiger partial charge in [0.25, 0.3) is 0 Å². The predicted molar refractivity (Wildman–Crippen MR) is 80.7 cm³/mol. The molecule has 0 radical (unpaired) electrons. The first kappa shape index (κ1) is 16.3. The maximum Gasteiger partial charge on any atom is 0.308 e. The monoisotopic (exact) mass is 296 g/mol. The van der Waals surface area contributed by atoms with Gasteiger partial charge in [-0.1, -0.05) is 0 Å². The second kappa shape index (κ2) is 7.25. The molecule has 2 N–H and O–H groups in total. The van der Waals surface area contributed by atoms with Crippen molar-refractivity contribution in [2.45, 2.75) is 58.4 Å². The van der Waals surface area contributed by atoms with E-state index >= 15 is 0 Å². The van der Waals surface area contributed by atoms with E-state index in [2.05, 4.69) is 10.6 Å². The molecule has 120 valence electrons. The Labute approximate surface area is 127 Å². The van der Waals surface area contributed by atoms with Gasteiger partial charge in [0.05, 0.1) is 17.9 Å². The molecule has 1 atom stereocenters. The zero-order chi connectivity index (χ0) is 15.3. The molecule has 0 spiro atoms. The summed E-state index contributed by atoms with van der Waals surface area (Å²) in [6.45, 7) is 6.09. The summed E-state index contributed by atoms with van der Waals surface area (Å²) in [6, 6.07) is 0.210. The number of esters is 1. The average molecular weight is 296 g/mol. The van der Waals surface area contributed by atoms with Gasteiger partial charge in [-0.2, -0.15) is 0 Å². The van der Waals surface area contributed by atoms with E-state index in [4.69, 9.17) is 4.74 Å². The normalized spacial score (nSPS) is 33.2. The number of hydrogen-bond donors (Lipinski definition) is 2. The summed E-state index contributed by atoms with van der Waals surface area (Å²) in [5.41, 5.74) is -0.282. The average Bonchev–Trinajstić information content (AvgIpc) is 2.49. The minimum absolute atomic E-state index is 0.0186. The van der Waals surface area contributed by atoms with Crippen molar-refractivity contribution in [1.82, 2.24) is 10.6 Å². The molecule has 5 nitrogen and oxygen atoms in total. The van der Waals surface area contributed by atoms with Crippen LogP contribution in [0.3, 0.4) is 0 Å². The van der Waals surface area contributed by atoms with E-state index in [9.17, 15) is 9.59 Å². The maximum absolute atomic E-state index is 12.5. The molecular formula is C16H28N2O3. The molecule has 1 unspecified atom stereocenters.